The smallest absolute Gasteiger partial charge is 0.411 e. The summed E-state index contributed by atoms with van der Waals surface area (Å²) < 4.78 is 5.99. The lowest BCUT2D eigenvalue weighted by Gasteiger charge is -2.18. The van der Waals surface area contributed by atoms with Crippen LogP contribution in [0.25, 0.3) is 11.8 Å². The number of amides is 3. The second-order valence-electron chi connectivity index (χ2n) is 8.08. The van der Waals surface area contributed by atoms with E-state index in [4.69, 9.17) is 11.6 Å². The largest absolute Gasteiger partial charge is 0.453 e. The first-order valence-corrected chi connectivity index (χ1v) is 12.0. The van der Waals surface area contributed by atoms with Gasteiger partial charge in [-0.15, -0.1) is 5.10 Å². The molecule has 2 heterocycles. The summed E-state index contributed by atoms with van der Waals surface area (Å²) in [6.45, 7) is 0. The van der Waals surface area contributed by atoms with E-state index >= 15 is 0 Å². The van der Waals surface area contributed by atoms with Gasteiger partial charge in [0.15, 0.2) is 0 Å². The topological polar surface area (TPSA) is 153 Å². The lowest BCUT2D eigenvalue weighted by atomic mass is 10.0. The van der Waals surface area contributed by atoms with E-state index in [1.165, 1.54) is 36.5 Å². The highest BCUT2D eigenvalue weighted by atomic mass is 35.5. The number of pyridine rings is 1. The predicted molar refractivity (Wildman–Crippen MR) is 144 cm³/mol. The number of benzene rings is 2. The second kappa shape index (κ2) is 12.9. The van der Waals surface area contributed by atoms with Crippen LogP contribution >= 0.6 is 11.6 Å². The van der Waals surface area contributed by atoms with Crippen molar-refractivity contribution in [3.63, 3.8) is 0 Å². The molecule has 0 saturated carbocycles. The maximum absolute atomic E-state index is 13.2. The first-order chi connectivity index (χ1) is 18.9. The van der Waals surface area contributed by atoms with Gasteiger partial charge in [-0.05, 0) is 52.4 Å². The van der Waals surface area contributed by atoms with Gasteiger partial charge in [-0.3, -0.25) is 14.9 Å². The highest BCUT2D eigenvalue weighted by Crippen LogP contribution is 2.20. The van der Waals surface area contributed by atoms with Crippen molar-refractivity contribution in [2.24, 2.45) is 0 Å². The Morgan fingerprint density at radius 1 is 1.08 bits per heavy atom. The number of hydrogen-bond donors (Lipinski definition) is 3. The molecule has 2 aromatic carbocycles. The van der Waals surface area contributed by atoms with Gasteiger partial charge in [-0.2, -0.15) is 4.68 Å². The fourth-order valence-corrected chi connectivity index (χ4v) is 3.69. The Labute approximate surface area is 228 Å². The molecule has 0 radical (unpaired) electrons. The van der Waals surface area contributed by atoms with Crippen molar-refractivity contribution in [2.75, 3.05) is 17.7 Å². The zero-order valence-electron chi connectivity index (χ0n) is 20.6. The van der Waals surface area contributed by atoms with Crippen LogP contribution in [0.15, 0.2) is 79.3 Å². The number of aromatic nitrogens is 5. The van der Waals surface area contributed by atoms with Crippen molar-refractivity contribution in [2.45, 2.75) is 12.5 Å². The average Bonchev–Trinajstić information content (AvgIpc) is 3.48. The van der Waals surface area contributed by atoms with E-state index in [0.29, 0.717) is 22.0 Å². The SMILES string of the molecule is COC(=O)Nc1ccc(NC(=O)[C@H](Cc2ccccc2)NC(=O)/C=C/c2cc(Cl)ccc2-n2cnnn2)nc1. The molecule has 2 aromatic heterocycles. The molecule has 0 bridgehead atoms. The number of carbonyl (C=O) groups is 3. The number of tetrazole rings is 1. The molecule has 12 nitrogen and oxygen atoms in total. The number of methoxy groups -OCH3 is 1. The molecule has 0 unspecified atom stereocenters. The number of halogens is 1. The van der Waals surface area contributed by atoms with Crippen molar-refractivity contribution >= 4 is 47.1 Å². The fraction of sp³-hybridized carbons (Fsp3) is 0.115. The number of carbonyl (C=O) groups excluding carboxylic acids is 3. The number of nitrogens with zero attached hydrogens (tertiary/aromatic N) is 5. The van der Waals surface area contributed by atoms with Gasteiger partial charge in [0.25, 0.3) is 0 Å². The zero-order chi connectivity index (χ0) is 27.6. The minimum atomic E-state index is -0.919. The van der Waals surface area contributed by atoms with E-state index in [2.05, 4.69) is 41.2 Å². The molecule has 4 rings (SSSR count). The van der Waals surface area contributed by atoms with Gasteiger partial charge in [-0.25, -0.2) is 9.78 Å². The van der Waals surface area contributed by atoms with Crippen LogP contribution in [0.4, 0.5) is 16.3 Å². The monoisotopic (exact) mass is 546 g/mol. The summed E-state index contributed by atoms with van der Waals surface area (Å²) in [5.41, 5.74) is 2.45. The summed E-state index contributed by atoms with van der Waals surface area (Å²) in [7, 11) is 1.25. The van der Waals surface area contributed by atoms with Gasteiger partial charge in [0.1, 0.15) is 18.2 Å². The Balaban J connectivity index is 1.49. The summed E-state index contributed by atoms with van der Waals surface area (Å²) in [4.78, 5) is 41.6. The van der Waals surface area contributed by atoms with Gasteiger partial charge in [0.2, 0.25) is 11.8 Å². The number of nitrogens with one attached hydrogen (secondary N) is 3. The van der Waals surface area contributed by atoms with Crippen LogP contribution in [-0.4, -0.2) is 56.3 Å². The van der Waals surface area contributed by atoms with Crippen molar-refractivity contribution in [3.8, 4) is 5.69 Å². The summed E-state index contributed by atoms with van der Waals surface area (Å²) in [6, 6.07) is 16.5. The van der Waals surface area contributed by atoms with E-state index < -0.39 is 23.9 Å². The standard InChI is InChI=1S/C26H23ClN8O4/c1-39-26(38)30-20-9-11-23(28-15-20)32-25(37)21(13-17-5-3-2-4-6-17)31-24(36)12-7-18-14-19(27)8-10-22(18)35-16-29-33-34-35/h2-12,14-16,21H,13H2,1H3,(H,30,38)(H,31,36)(H,28,32,37)/b12-7+/t21-/m0/s1. The molecule has 0 aliphatic heterocycles. The van der Waals surface area contributed by atoms with Gasteiger partial charge < -0.3 is 15.4 Å². The van der Waals surface area contributed by atoms with Gasteiger partial charge in [-0.1, -0.05) is 41.9 Å². The molecule has 3 amide bonds. The molecule has 4 aromatic rings. The van der Waals surface area contributed by atoms with Crippen LogP contribution in [0.3, 0.4) is 0 Å². The Morgan fingerprint density at radius 3 is 2.59 bits per heavy atom. The Bertz CT molecular complexity index is 1460. The highest BCUT2D eigenvalue weighted by molar-refractivity contribution is 6.30. The van der Waals surface area contributed by atoms with Crippen LogP contribution < -0.4 is 16.0 Å². The summed E-state index contributed by atoms with van der Waals surface area (Å²) in [5, 5.41) is 19.5. The van der Waals surface area contributed by atoms with E-state index in [1.54, 1.807) is 30.3 Å². The van der Waals surface area contributed by atoms with E-state index in [1.807, 2.05) is 30.3 Å². The average molecular weight is 547 g/mol. The van der Waals surface area contributed by atoms with Gasteiger partial charge in [0, 0.05) is 23.1 Å². The Kier molecular flexibility index (Phi) is 8.93. The summed E-state index contributed by atoms with van der Waals surface area (Å²) >= 11 is 6.15. The van der Waals surface area contributed by atoms with Crippen LogP contribution in [-0.2, 0) is 20.7 Å². The third-order valence-corrected chi connectivity index (χ3v) is 5.60. The lowest BCUT2D eigenvalue weighted by Crippen LogP contribution is -2.44. The van der Waals surface area contributed by atoms with Crippen molar-refractivity contribution < 1.29 is 19.1 Å². The normalized spacial score (nSPS) is 11.5. The molecule has 13 heteroatoms. The molecular weight excluding hydrogens is 524 g/mol. The number of hydrogen-bond acceptors (Lipinski definition) is 8. The number of rotatable bonds is 9. The summed E-state index contributed by atoms with van der Waals surface area (Å²) in [6.07, 6.45) is 5.25. The molecule has 0 spiro atoms. The van der Waals surface area contributed by atoms with Crippen molar-refractivity contribution in [1.82, 2.24) is 30.5 Å². The highest BCUT2D eigenvalue weighted by Gasteiger charge is 2.21. The minimum absolute atomic E-state index is 0.237. The van der Waals surface area contributed by atoms with Crippen molar-refractivity contribution in [3.05, 3.63) is 95.4 Å². The fourth-order valence-electron chi connectivity index (χ4n) is 3.51. The number of anilines is 2. The molecule has 0 saturated heterocycles. The third kappa shape index (κ3) is 7.69. The molecule has 3 N–H and O–H groups in total. The van der Waals surface area contributed by atoms with Crippen LogP contribution in [0.2, 0.25) is 5.02 Å². The molecule has 0 aliphatic rings. The molecule has 0 aliphatic carbocycles. The van der Waals surface area contributed by atoms with Crippen LogP contribution in [0.1, 0.15) is 11.1 Å². The molecule has 198 valence electrons. The van der Waals surface area contributed by atoms with E-state index in [-0.39, 0.29) is 12.2 Å². The first-order valence-electron chi connectivity index (χ1n) is 11.6. The Hall–Kier alpha value is -5.10. The van der Waals surface area contributed by atoms with E-state index in [0.717, 1.165) is 5.56 Å². The maximum Gasteiger partial charge on any atom is 0.411 e. The third-order valence-electron chi connectivity index (χ3n) is 5.36. The molecule has 39 heavy (non-hydrogen) atoms. The van der Waals surface area contributed by atoms with Gasteiger partial charge in [0.05, 0.1) is 24.7 Å². The van der Waals surface area contributed by atoms with E-state index in [9.17, 15) is 14.4 Å². The maximum atomic E-state index is 13.2. The minimum Gasteiger partial charge on any atom is -0.453 e. The van der Waals surface area contributed by atoms with Crippen LogP contribution in [0.5, 0.6) is 0 Å². The quantitative estimate of drug-likeness (QED) is 0.270. The first kappa shape index (κ1) is 26.9. The van der Waals surface area contributed by atoms with Crippen molar-refractivity contribution in [1.29, 1.82) is 0 Å². The lowest BCUT2D eigenvalue weighted by molar-refractivity contribution is -0.123. The number of ether oxygens (including phenoxy) is 1. The Morgan fingerprint density at radius 2 is 1.90 bits per heavy atom. The predicted octanol–water partition coefficient (Wildman–Crippen LogP) is 3.27. The summed E-state index contributed by atoms with van der Waals surface area (Å²) in [5.74, 6) is -0.735. The molecule has 1 atom stereocenters. The molecular formula is C26H23ClN8O4. The molecule has 0 fully saturated rings. The zero-order valence-corrected chi connectivity index (χ0v) is 21.4. The van der Waals surface area contributed by atoms with Crippen LogP contribution in [0, 0.1) is 0 Å². The second-order valence-corrected chi connectivity index (χ2v) is 8.52. The van der Waals surface area contributed by atoms with Gasteiger partial charge >= 0.3 is 6.09 Å².